The van der Waals surface area contributed by atoms with Gasteiger partial charge in [-0.3, -0.25) is 4.90 Å². The minimum Gasteiger partial charge on any atom is -0.484 e. The van der Waals surface area contributed by atoms with E-state index in [1.54, 1.807) is 7.11 Å². The lowest BCUT2D eigenvalue weighted by Gasteiger charge is -2.37. The van der Waals surface area contributed by atoms with Crippen molar-refractivity contribution in [1.82, 2.24) is 14.9 Å². The second kappa shape index (κ2) is 7.72. The van der Waals surface area contributed by atoms with Gasteiger partial charge in [0.15, 0.2) is 5.75 Å². The zero-order chi connectivity index (χ0) is 18.8. The predicted molar refractivity (Wildman–Crippen MR) is 103 cm³/mol. The fourth-order valence-corrected chi connectivity index (χ4v) is 4.00. The summed E-state index contributed by atoms with van der Waals surface area (Å²) in [4.78, 5) is 11.6. The van der Waals surface area contributed by atoms with Gasteiger partial charge in [-0.15, -0.1) is 0 Å². The van der Waals surface area contributed by atoms with Gasteiger partial charge in [0.1, 0.15) is 13.2 Å². The van der Waals surface area contributed by atoms with E-state index in [2.05, 4.69) is 35.0 Å². The van der Waals surface area contributed by atoms with E-state index in [1.165, 1.54) is 18.4 Å². The molecule has 2 aromatic heterocycles. The molecule has 4 rings (SSSR count). The molecule has 144 valence electrons. The van der Waals surface area contributed by atoms with Crippen molar-refractivity contribution in [1.29, 1.82) is 0 Å². The van der Waals surface area contributed by atoms with E-state index in [9.17, 15) is 0 Å². The van der Waals surface area contributed by atoms with E-state index in [1.807, 2.05) is 13.0 Å². The van der Waals surface area contributed by atoms with Crippen LogP contribution in [0.5, 0.6) is 17.5 Å². The molecule has 2 aliphatic heterocycles. The lowest BCUT2D eigenvalue weighted by atomic mass is 9.89. The lowest BCUT2D eigenvalue weighted by Crippen LogP contribution is -2.36. The van der Waals surface area contributed by atoms with Gasteiger partial charge in [0, 0.05) is 24.3 Å². The monoisotopic (exact) mass is 369 g/mol. The van der Waals surface area contributed by atoms with Crippen LogP contribution in [-0.2, 0) is 0 Å². The molecule has 2 atom stereocenters. The smallest absolute Gasteiger partial charge is 0.257 e. The number of nitrogens with zero attached hydrogens (tertiary/aromatic N) is 3. The second-order valence-electron chi connectivity index (χ2n) is 7.33. The first-order valence-corrected chi connectivity index (χ1v) is 9.67. The summed E-state index contributed by atoms with van der Waals surface area (Å²) in [6.07, 6.45) is 2.35. The Balaban J connectivity index is 1.52. The maximum Gasteiger partial charge on any atom is 0.257 e. The zero-order valence-corrected chi connectivity index (χ0v) is 16.3. The topological polar surface area (TPSA) is 56.7 Å². The third kappa shape index (κ3) is 3.86. The predicted octanol–water partition coefficient (Wildman–Crippen LogP) is 3.51. The summed E-state index contributed by atoms with van der Waals surface area (Å²) in [5, 5.41) is 0. The molecule has 27 heavy (non-hydrogen) atoms. The molecule has 0 aromatic carbocycles. The Labute approximate surface area is 160 Å². The number of fused-ring (bicyclic) bond motifs is 1. The van der Waals surface area contributed by atoms with E-state index in [-0.39, 0.29) is 6.04 Å². The number of ether oxygens (including phenoxy) is 3. The molecule has 0 aliphatic carbocycles. The van der Waals surface area contributed by atoms with E-state index in [0.717, 1.165) is 30.2 Å². The minimum atomic E-state index is 0.230. The number of methoxy groups -OCH3 is 1. The van der Waals surface area contributed by atoms with Crippen LogP contribution in [0.2, 0.25) is 0 Å². The van der Waals surface area contributed by atoms with Gasteiger partial charge in [-0.1, -0.05) is 0 Å². The van der Waals surface area contributed by atoms with Crippen LogP contribution in [-0.4, -0.2) is 48.3 Å². The van der Waals surface area contributed by atoms with Crippen LogP contribution in [0.15, 0.2) is 24.3 Å². The molecule has 2 aliphatic rings. The van der Waals surface area contributed by atoms with Gasteiger partial charge in [-0.05, 0) is 62.9 Å². The first kappa shape index (κ1) is 18.0. The van der Waals surface area contributed by atoms with E-state index in [4.69, 9.17) is 19.2 Å². The van der Waals surface area contributed by atoms with Gasteiger partial charge in [0.2, 0.25) is 5.88 Å². The fraction of sp³-hybridized carbons (Fsp3) is 0.524. The molecule has 1 saturated heterocycles. The summed E-state index contributed by atoms with van der Waals surface area (Å²) in [5.41, 5.74) is 3.35. The number of aryl methyl sites for hydroxylation is 1. The highest BCUT2D eigenvalue weighted by Crippen LogP contribution is 2.35. The maximum absolute atomic E-state index is 5.66. The number of hydrogen-bond donors (Lipinski definition) is 0. The Kier molecular flexibility index (Phi) is 5.16. The Morgan fingerprint density at radius 2 is 2.04 bits per heavy atom. The van der Waals surface area contributed by atoms with Crippen molar-refractivity contribution in [3.05, 3.63) is 41.2 Å². The molecule has 0 radical (unpaired) electrons. The van der Waals surface area contributed by atoms with Crippen LogP contribution in [0.25, 0.3) is 0 Å². The number of aromatic nitrogens is 2. The quantitative estimate of drug-likeness (QED) is 0.822. The lowest BCUT2D eigenvalue weighted by molar-refractivity contribution is 0.147. The van der Waals surface area contributed by atoms with Gasteiger partial charge in [-0.25, -0.2) is 9.97 Å². The summed E-state index contributed by atoms with van der Waals surface area (Å²) in [6.45, 7) is 7.48. The van der Waals surface area contributed by atoms with Gasteiger partial charge in [0.25, 0.3) is 5.88 Å². The van der Waals surface area contributed by atoms with Gasteiger partial charge in [-0.2, -0.15) is 0 Å². The average Bonchev–Trinajstić information content (AvgIpc) is 2.72. The highest BCUT2D eigenvalue weighted by atomic mass is 16.6. The van der Waals surface area contributed by atoms with Crippen molar-refractivity contribution in [3.63, 3.8) is 0 Å². The summed E-state index contributed by atoms with van der Waals surface area (Å²) < 4.78 is 16.6. The Hall–Kier alpha value is -2.34. The van der Waals surface area contributed by atoms with Crippen LogP contribution in [0, 0.1) is 6.92 Å². The van der Waals surface area contributed by atoms with Gasteiger partial charge < -0.3 is 14.2 Å². The number of hydrogen-bond acceptors (Lipinski definition) is 6. The van der Waals surface area contributed by atoms with Crippen molar-refractivity contribution in [2.75, 3.05) is 33.4 Å². The second-order valence-corrected chi connectivity index (χ2v) is 7.33. The van der Waals surface area contributed by atoms with Crippen LogP contribution in [0.3, 0.4) is 0 Å². The summed E-state index contributed by atoms with van der Waals surface area (Å²) in [6, 6.07) is 8.53. The first-order valence-electron chi connectivity index (χ1n) is 9.67. The molecule has 0 saturated carbocycles. The molecular formula is C21H27N3O3. The molecule has 0 amide bonds. The largest absolute Gasteiger partial charge is 0.484 e. The summed E-state index contributed by atoms with van der Waals surface area (Å²) in [7, 11) is 1.67. The average molecular weight is 369 g/mol. The molecule has 2 unspecified atom stereocenters. The van der Waals surface area contributed by atoms with Crippen molar-refractivity contribution in [2.45, 2.75) is 38.6 Å². The van der Waals surface area contributed by atoms with Crippen molar-refractivity contribution in [3.8, 4) is 17.5 Å². The molecule has 0 spiro atoms. The Bertz CT molecular complexity index is 811. The molecule has 4 heterocycles. The normalized spacial score (nSPS) is 20.9. The van der Waals surface area contributed by atoms with E-state index in [0.29, 0.717) is 30.9 Å². The summed E-state index contributed by atoms with van der Waals surface area (Å²) in [5.74, 6) is 2.54. The highest BCUT2D eigenvalue weighted by molar-refractivity contribution is 5.36. The number of rotatable bonds is 4. The van der Waals surface area contributed by atoms with Crippen molar-refractivity contribution in [2.24, 2.45) is 0 Å². The van der Waals surface area contributed by atoms with E-state index < -0.39 is 0 Å². The third-order valence-electron chi connectivity index (χ3n) is 5.49. The molecule has 6 nitrogen and oxygen atoms in total. The van der Waals surface area contributed by atoms with E-state index >= 15 is 0 Å². The van der Waals surface area contributed by atoms with Crippen molar-refractivity contribution < 1.29 is 14.2 Å². The maximum atomic E-state index is 5.66. The fourth-order valence-electron chi connectivity index (χ4n) is 4.00. The third-order valence-corrected chi connectivity index (χ3v) is 5.49. The number of pyridine rings is 2. The van der Waals surface area contributed by atoms with Gasteiger partial charge in [0.05, 0.1) is 12.8 Å². The minimum absolute atomic E-state index is 0.230. The summed E-state index contributed by atoms with van der Waals surface area (Å²) >= 11 is 0. The van der Waals surface area contributed by atoms with Crippen molar-refractivity contribution >= 4 is 0 Å². The number of piperidine rings is 1. The molecule has 1 fully saturated rings. The van der Waals surface area contributed by atoms with Crippen LogP contribution >= 0.6 is 0 Å². The molecular weight excluding hydrogens is 342 g/mol. The van der Waals surface area contributed by atoms with Crippen LogP contribution in [0.4, 0.5) is 0 Å². The Morgan fingerprint density at radius 3 is 2.89 bits per heavy atom. The molecule has 2 aromatic rings. The number of likely N-dealkylation sites (tertiary alicyclic amines) is 1. The SMILES string of the molecule is COc1cc(C2CCCN(C(C)c3ccc4c(n3)OCCO4)C2)cc(C)n1. The van der Waals surface area contributed by atoms with Crippen LogP contribution in [0.1, 0.15) is 48.7 Å². The zero-order valence-electron chi connectivity index (χ0n) is 16.3. The molecule has 6 heteroatoms. The standard InChI is InChI=1S/C21H27N3O3/c1-14-11-17(12-20(22-14)25-3)16-5-4-8-24(13-16)15(2)18-6-7-19-21(23-18)27-10-9-26-19/h6-7,11-12,15-16H,4-5,8-10,13H2,1-3H3. The first-order chi connectivity index (χ1) is 13.1. The van der Waals surface area contributed by atoms with Gasteiger partial charge >= 0.3 is 0 Å². The van der Waals surface area contributed by atoms with Crippen LogP contribution < -0.4 is 14.2 Å². The molecule has 0 bridgehead atoms. The molecule has 0 N–H and O–H groups in total. The Morgan fingerprint density at radius 1 is 1.19 bits per heavy atom. The highest BCUT2D eigenvalue weighted by Gasteiger charge is 2.27.